The van der Waals surface area contributed by atoms with E-state index in [1.165, 1.54) is 17.7 Å². The normalized spacial score (nSPS) is 22.9. The highest BCUT2D eigenvalue weighted by atomic mass is 19.1. The summed E-state index contributed by atoms with van der Waals surface area (Å²) in [5.74, 6) is -0.864. The van der Waals surface area contributed by atoms with Crippen LogP contribution in [0.3, 0.4) is 0 Å². The van der Waals surface area contributed by atoms with E-state index in [4.69, 9.17) is 0 Å². The van der Waals surface area contributed by atoms with Gasteiger partial charge in [-0.05, 0) is 49.1 Å². The molecule has 2 heterocycles. The zero-order chi connectivity index (χ0) is 18.9. The minimum absolute atomic E-state index is 0.242. The quantitative estimate of drug-likeness (QED) is 0.802. The van der Waals surface area contributed by atoms with E-state index in [0.29, 0.717) is 18.7 Å². The lowest BCUT2D eigenvalue weighted by Gasteiger charge is -2.24. The minimum Gasteiger partial charge on any atom is -0.342 e. The lowest BCUT2D eigenvalue weighted by Crippen LogP contribution is -2.37. The van der Waals surface area contributed by atoms with Gasteiger partial charge in [0, 0.05) is 32.2 Å². The van der Waals surface area contributed by atoms with Gasteiger partial charge in [-0.15, -0.1) is 0 Å². The number of carbonyl (C=O) groups excluding carboxylic acids is 1. The third kappa shape index (κ3) is 3.88. The predicted molar refractivity (Wildman–Crippen MR) is 100 cm³/mol. The van der Waals surface area contributed by atoms with Crippen molar-refractivity contribution in [2.24, 2.45) is 5.41 Å². The maximum atomic E-state index is 13.4. The van der Waals surface area contributed by atoms with Crippen molar-refractivity contribution in [2.45, 2.75) is 25.8 Å². The van der Waals surface area contributed by atoms with Crippen molar-refractivity contribution < 1.29 is 13.6 Å². The molecule has 0 aliphatic carbocycles. The van der Waals surface area contributed by atoms with Crippen LogP contribution in [0.2, 0.25) is 0 Å². The number of nitrogens with zero attached hydrogens (tertiary/aromatic N) is 2. The topological polar surface area (TPSA) is 23.6 Å². The molecule has 0 aromatic heterocycles. The Hall–Kier alpha value is -2.27. The fourth-order valence-corrected chi connectivity index (χ4v) is 4.45. The molecule has 3 nitrogen and oxygen atoms in total. The largest absolute Gasteiger partial charge is 0.342 e. The molecule has 2 aromatic rings. The number of likely N-dealkylation sites (tertiary alicyclic amines) is 2. The minimum atomic E-state index is -0.553. The number of hydrogen-bond donors (Lipinski definition) is 0. The summed E-state index contributed by atoms with van der Waals surface area (Å²) in [6.07, 6.45) is 2.56. The molecule has 0 saturated carbocycles. The van der Waals surface area contributed by atoms with E-state index >= 15 is 0 Å². The number of halogens is 2. The van der Waals surface area contributed by atoms with Crippen molar-refractivity contribution in [1.29, 1.82) is 0 Å². The van der Waals surface area contributed by atoms with E-state index in [9.17, 15) is 13.6 Å². The molecule has 142 valence electrons. The molecule has 1 spiro atoms. The van der Waals surface area contributed by atoms with Gasteiger partial charge in [-0.3, -0.25) is 9.69 Å². The van der Waals surface area contributed by atoms with Gasteiger partial charge in [0.1, 0.15) is 11.6 Å². The highest BCUT2D eigenvalue weighted by Crippen LogP contribution is 2.41. The Morgan fingerprint density at radius 3 is 2.37 bits per heavy atom. The summed E-state index contributed by atoms with van der Waals surface area (Å²) in [7, 11) is 0. The van der Waals surface area contributed by atoms with Crippen LogP contribution in [0.4, 0.5) is 8.78 Å². The smallest absolute Gasteiger partial charge is 0.230 e. The summed E-state index contributed by atoms with van der Waals surface area (Å²) in [6.45, 7) is 3.49. The predicted octanol–water partition coefficient (Wildman–Crippen LogP) is 3.63. The van der Waals surface area contributed by atoms with Gasteiger partial charge in [-0.25, -0.2) is 8.78 Å². The Morgan fingerprint density at radius 1 is 0.926 bits per heavy atom. The molecule has 0 radical (unpaired) electrons. The Kier molecular flexibility index (Phi) is 4.96. The van der Waals surface area contributed by atoms with Crippen LogP contribution in [0.1, 0.15) is 24.0 Å². The Labute approximate surface area is 158 Å². The van der Waals surface area contributed by atoms with E-state index < -0.39 is 11.6 Å². The van der Waals surface area contributed by atoms with Gasteiger partial charge in [0.2, 0.25) is 5.91 Å². The number of hydrogen-bond acceptors (Lipinski definition) is 2. The molecule has 1 unspecified atom stereocenters. The number of rotatable bonds is 5. The van der Waals surface area contributed by atoms with E-state index in [1.54, 1.807) is 0 Å². The summed E-state index contributed by atoms with van der Waals surface area (Å²) in [5.41, 5.74) is 1.55. The van der Waals surface area contributed by atoms with Crippen LogP contribution in [-0.2, 0) is 17.8 Å². The SMILES string of the molecule is O=C1N(CCc2ccccc2)CCC12CCN(Cc1cc(F)cc(F)c1)C2. The second-order valence-electron chi connectivity index (χ2n) is 7.80. The van der Waals surface area contributed by atoms with E-state index in [-0.39, 0.29) is 11.3 Å². The molecule has 2 saturated heterocycles. The molecule has 2 aromatic carbocycles. The second-order valence-corrected chi connectivity index (χ2v) is 7.80. The number of amides is 1. The van der Waals surface area contributed by atoms with Crippen LogP contribution in [0, 0.1) is 17.0 Å². The number of benzene rings is 2. The van der Waals surface area contributed by atoms with Crippen molar-refractivity contribution in [3.8, 4) is 0 Å². The molecule has 1 amide bonds. The summed E-state index contributed by atoms with van der Waals surface area (Å²) in [6, 6.07) is 13.8. The summed E-state index contributed by atoms with van der Waals surface area (Å²) >= 11 is 0. The van der Waals surface area contributed by atoms with Crippen molar-refractivity contribution in [3.05, 3.63) is 71.3 Å². The van der Waals surface area contributed by atoms with Crippen LogP contribution in [0.5, 0.6) is 0 Å². The number of carbonyl (C=O) groups is 1. The summed E-state index contributed by atoms with van der Waals surface area (Å²) < 4.78 is 26.8. The third-order valence-electron chi connectivity index (χ3n) is 5.88. The van der Waals surface area contributed by atoms with Gasteiger partial charge in [0.15, 0.2) is 0 Å². The van der Waals surface area contributed by atoms with E-state index in [0.717, 1.165) is 45.0 Å². The average Bonchev–Trinajstić information content (AvgIpc) is 3.18. The van der Waals surface area contributed by atoms with Crippen molar-refractivity contribution in [3.63, 3.8) is 0 Å². The Balaban J connectivity index is 1.36. The first-order chi connectivity index (χ1) is 13.0. The zero-order valence-electron chi connectivity index (χ0n) is 15.3. The Bertz CT molecular complexity index is 806. The maximum absolute atomic E-state index is 13.4. The lowest BCUT2D eigenvalue weighted by molar-refractivity contribution is -0.135. The molecule has 5 heteroatoms. The highest BCUT2D eigenvalue weighted by Gasteiger charge is 2.50. The lowest BCUT2D eigenvalue weighted by atomic mass is 9.85. The van der Waals surface area contributed by atoms with Crippen LogP contribution < -0.4 is 0 Å². The maximum Gasteiger partial charge on any atom is 0.230 e. The molecule has 27 heavy (non-hydrogen) atoms. The average molecular weight is 370 g/mol. The first kappa shape index (κ1) is 18.1. The van der Waals surface area contributed by atoms with E-state index in [2.05, 4.69) is 17.0 Å². The standard InChI is InChI=1S/C22H24F2N2O/c23-19-12-18(13-20(24)14-19)15-25-10-7-22(16-25)8-11-26(21(22)27)9-6-17-4-2-1-3-5-17/h1-5,12-14H,6-11,15-16H2. The third-order valence-corrected chi connectivity index (χ3v) is 5.88. The molecule has 2 aliphatic rings. The molecule has 2 aliphatic heterocycles. The highest BCUT2D eigenvalue weighted by molar-refractivity contribution is 5.85. The molecule has 0 N–H and O–H groups in total. The van der Waals surface area contributed by atoms with Gasteiger partial charge in [-0.2, -0.15) is 0 Å². The monoisotopic (exact) mass is 370 g/mol. The van der Waals surface area contributed by atoms with Crippen molar-refractivity contribution in [2.75, 3.05) is 26.2 Å². The van der Waals surface area contributed by atoms with Gasteiger partial charge >= 0.3 is 0 Å². The van der Waals surface area contributed by atoms with Crippen molar-refractivity contribution >= 4 is 5.91 Å². The second kappa shape index (κ2) is 7.39. The molecule has 2 fully saturated rings. The van der Waals surface area contributed by atoms with Crippen molar-refractivity contribution in [1.82, 2.24) is 9.80 Å². The first-order valence-electron chi connectivity index (χ1n) is 9.55. The summed E-state index contributed by atoms with van der Waals surface area (Å²) in [4.78, 5) is 17.2. The molecular weight excluding hydrogens is 346 g/mol. The zero-order valence-corrected chi connectivity index (χ0v) is 15.3. The summed E-state index contributed by atoms with van der Waals surface area (Å²) in [5, 5.41) is 0. The van der Waals surface area contributed by atoms with Gasteiger partial charge in [0.05, 0.1) is 5.41 Å². The molecular formula is C22H24F2N2O. The fraction of sp³-hybridized carbons (Fsp3) is 0.409. The van der Waals surface area contributed by atoms with Gasteiger partial charge in [-0.1, -0.05) is 30.3 Å². The van der Waals surface area contributed by atoms with Crippen LogP contribution >= 0.6 is 0 Å². The van der Waals surface area contributed by atoms with E-state index in [1.807, 2.05) is 23.1 Å². The van der Waals surface area contributed by atoms with Gasteiger partial charge in [0.25, 0.3) is 0 Å². The Morgan fingerprint density at radius 2 is 1.63 bits per heavy atom. The van der Waals surface area contributed by atoms with Gasteiger partial charge < -0.3 is 4.90 Å². The fourth-order valence-electron chi connectivity index (χ4n) is 4.45. The van der Waals surface area contributed by atoms with Crippen LogP contribution in [0.15, 0.2) is 48.5 Å². The van der Waals surface area contributed by atoms with Crippen LogP contribution in [-0.4, -0.2) is 41.9 Å². The molecule has 0 bridgehead atoms. The molecule has 1 atom stereocenters. The van der Waals surface area contributed by atoms with Crippen LogP contribution in [0.25, 0.3) is 0 Å². The first-order valence-corrected chi connectivity index (χ1v) is 9.55. The molecule has 4 rings (SSSR count).